The van der Waals surface area contributed by atoms with E-state index in [1.807, 2.05) is 6.07 Å². The van der Waals surface area contributed by atoms with Gasteiger partial charge in [0.25, 0.3) is 5.91 Å². The quantitative estimate of drug-likeness (QED) is 0.895. The second kappa shape index (κ2) is 6.10. The Kier molecular flexibility index (Phi) is 4.25. The minimum atomic E-state index is -0.628. The average Bonchev–Trinajstić information content (AvgIpc) is 2.92. The molecule has 19 heavy (non-hydrogen) atoms. The van der Waals surface area contributed by atoms with Gasteiger partial charge in [-0.05, 0) is 19.1 Å². The van der Waals surface area contributed by atoms with E-state index in [1.165, 1.54) is 11.3 Å². The van der Waals surface area contributed by atoms with Crippen molar-refractivity contribution in [1.29, 1.82) is 0 Å². The first kappa shape index (κ1) is 13.2. The van der Waals surface area contributed by atoms with Gasteiger partial charge >= 0.3 is 0 Å². The fraction of sp³-hybridized carbons (Fsp3) is 0.154. The molecule has 2 N–H and O–H groups in total. The van der Waals surface area contributed by atoms with Crippen LogP contribution in [0.2, 0.25) is 0 Å². The number of nitrogens with one attached hydrogen (secondary N) is 2. The summed E-state index contributed by atoms with van der Waals surface area (Å²) in [6.45, 7) is 1.63. The topological polar surface area (TPSA) is 71.1 Å². The van der Waals surface area contributed by atoms with Gasteiger partial charge in [0.15, 0.2) is 5.13 Å². The first-order valence-electron chi connectivity index (χ1n) is 5.73. The SMILES string of the molecule is CC(NC(=O)c1ccccc1)C(=O)Nc1nccs1. The number of aromatic nitrogens is 1. The van der Waals surface area contributed by atoms with Crippen LogP contribution >= 0.6 is 11.3 Å². The summed E-state index contributed by atoms with van der Waals surface area (Å²) < 4.78 is 0. The lowest BCUT2D eigenvalue weighted by Gasteiger charge is -2.12. The maximum atomic E-state index is 11.9. The molecule has 0 fully saturated rings. The molecule has 2 rings (SSSR count). The molecule has 98 valence electrons. The maximum Gasteiger partial charge on any atom is 0.251 e. The van der Waals surface area contributed by atoms with Crippen LogP contribution in [0.15, 0.2) is 41.9 Å². The van der Waals surface area contributed by atoms with E-state index >= 15 is 0 Å². The van der Waals surface area contributed by atoms with Crippen LogP contribution in [-0.4, -0.2) is 22.8 Å². The lowest BCUT2D eigenvalue weighted by Crippen LogP contribution is -2.41. The lowest BCUT2D eigenvalue weighted by atomic mass is 10.2. The molecule has 0 radical (unpaired) electrons. The summed E-state index contributed by atoms with van der Waals surface area (Å²) in [5.74, 6) is -0.568. The monoisotopic (exact) mass is 275 g/mol. The molecule has 1 atom stereocenters. The van der Waals surface area contributed by atoms with Gasteiger partial charge in [0.05, 0.1) is 0 Å². The van der Waals surface area contributed by atoms with Gasteiger partial charge in [-0.1, -0.05) is 18.2 Å². The Balaban J connectivity index is 1.92. The number of carbonyl (C=O) groups is 2. The zero-order chi connectivity index (χ0) is 13.7. The highest BCUT2D eigenvalue weighted by Crippen LogP contribution is 2.10. The highest BCUT2D eigenvalue weighted by molar-refractivity contribution is 7.13. The summed E-state index contributed by atoms with van der Waals surface area (Å²) in [4.78, 5) is 27.6. The molecule has 1 aromatic heterocycles. The number of rotatable bonds is 4. The normalized spacial score (nSPS) is 11.6. The molecule has 0 aliphatic rings. The van der Waals surface area contributed by atoms with Crippen molar-refractivity contribution in [3.05, 3.63) is 47.5 Å². The van der Waals surface area contributed by atoms with Crippen molar-refractivity contribution in [1.82, 2.24) is 10.3 Å². The summed E-state index contributed by atoms with van der Waals surface area (Å²) in [6.07, 6.45) is 1.60. The first-order valence-corrected chi connectivity index (χ1v) is 6.61. The van der Waals surface area contributed by atoms with Crippen molar-refractivity contribution in [3.63, 3.8) is 0 Å². The summed E-state index contributed by atoms with van der Waals surface area (Å²) in [6, 6.07) is 8.14. The third-order valence-corrected chi connectivity index (χ3v) is 3.13. The molecule has 1 heterocycles. The Morgan fingerprint density at radius 3 is 2.63 bits per heavy atom. The number of nitrogens with zero attached hydrogens (tertiary/aromatic N) is 1. The second-order valence-electron chi connectivity index (χ2n) is 3.89. The Labute approximate surface area is 114 Å². The van der Waals surface area contributed by atoms with E-state index in [1.54, 1.807) is 42.8 Å². The number of amides is 2. The molecule has 6 heteroatoms. The van der Waals surface area contributed by atoms with Gasteiger partial charge in [-0.2, -0.15) is 0 Å². The predicted molar refractivity (Wildman–Crippen MR) is 74.1 cm³/mol. The smallest absolute Gasteiger partial charge is 0.251 e. The minimum Gasteiger partial charge on any atom is -0.341 e. The van der Waals surface area contributed by atoms with Crippen molar-refractivity contribution >= 4 is 28.3 Å². The molecule has 0 aliphatic carbocycles. The molecule has 0 spiro atoms. The number of hydrogen-bond donors (Lipinski definition) is 2. The first-order chi connectivity index (χ1) is 9.16. The highest BCUT2D eigenvalue weighted by Gasteiger charge is 2.17. The van der Waals surface area contributed by atoms with Crippen LogP contribution in [-0.2, 0) is 4.79 Å². The Hall–Kier alpha value is -2.21. The molecule has 1 aromatic carbocycles. The van der Waals surface area contributed by atoms with Crippen molar-refractivity contribution in [2.45, 2.75) is 13.0 Å². The van der Waals surface area contributed by atoms with E-state index in [2.05, 4.69) is 15.6 Å². The zero-order valence-electron chi connectivity index (χ0n) is 10.3. The summed E-state index contributed by atoms with van der Waals surface area (Å²) in [5, 5.41) is 7.55. The third kappa shape index (κ3) is 3.62. The van der Waals surface area contributed by atoms with Gasteiger partial charge in [-0.15, -0.1) is 11.3 Å². The fourth-order valence-corrected chi connectivity index (χ4v) is 1.97. The predicted octanol–water partition coefficient (Wildman–Crippen LogP) is 1.90. The maximum absolute atomic E-state index is 11.9. The van der Waals surface area contributed by atoms with Crippen LogP contribution in [0.5, 0.6) is 0 Å². The molecule has 0 bridgehead atoms. The number of hydrogen-bond acceptors (Lipinski definition) is 4. The van der Waals surface area contributed by atoms with Crippen LogP contribution in [0.1, 0.15) is 17.3 Å². The molecule has 1 unspecified atom stereocenters. The van der Waals surface area contributed by atoms with Crippen molar-refractivity contribution in [3.8, 4) is 0 Å². The number of thiazole rings is 1. The summed E-state index contributed by atoms with van der Waals surface area (Å²) in [5.41, 5.74) is 0.524. The van der Waals surface area contributed by atoms with Crippen molar-refractivity contribution in [2.24, 2.45) is 0 Å². The average molecular weight is 275 g/mol. The molecule has 2 amide bonds. The molecule has 2 aromatic rings. The zero-order valence-corrected chi connectivity index (χ0v) is 11.1. The van der Waals surface area contributed by atoms with Gasteiger partial charge in [-0.3, -0.25) is 9.59 Å². The van der Waals surface area contributed by atoms with Crippen LogP contribution in [0.3, 0.4) is 0 Å². The Bertz CT molecular complexity index is 555. The molecule has 0 aliphatic heterocycles. The summed E-state index contributed by atoms with van der Waals surface area (Å²) >= 11 is 1.33. The van der Waals surface area contributed by atoms with Crippen molar-refractivity contribution < 1.29 is 9.59 Å². The summed E-state index contributed by atoms with van der Waals surface area (Å²) in [7, 11) is 0. The molecule has 0 saturated heterocycles. The lowest BCUT2D eigenvalue weighted by molar-refractivity contribution is -0.117. The van der Waals surface area contributed by atoms with E-state index in [4.69, 9.17) is 0 Å². The number of carbonyl (C=O) groups excluding carboxylic acids is 2. The molecule has 0 saturated carbocycles. The van der Waals surface area contributed by atoms with E-state index in [-0.39, 0.29) is 11.8 Å². The highest BCUT2D eigenvalue weighted by atomic mass is 32.1. The van der Waals surface area contributed by atoms with Crippen LogP contribution < -0.4 is 10.6 Å². The second-order valence-corrected chi connectivity index (χ2v) is 4.78. The molecule has 5 nitrogen and oxygen atoms in total. The number of anilines is 1. The van der Waals surface area contributed by atoms with Crippen LogP contribution in [0.4, 0.5) is 5.13 Å². The van der Waals surface area contributed by atoms with E-state index < -0.39 is 6.04 Å². The van der Waals surface area contributed by atoms with E-state index in [0.29, 0.717) is 10.7 Å². The van der Waals surface area contributed by atoms with Crippen LogP contribution in [0.25, 0.3) is 0 Å². The van der Waals surface area contributed by atoms with Gasteiger partial charge < -0.3 is 10.6 Å². The van der Waals surface area contributed by atoms with Crippen molar-refractivity contribution in [2.75, 3.05) is 5.32 Å². The minimum absolute atomic E-state index is 0.276. The van der Waals surface area contributed by atoms with E-state index in [0.717, 1.165) is 0 Å². The van der Waals surface area contributed by atoms with Gasteiger partial charge in [0.2, 0.25) is 5.91 Å². The fourth-order valence-electron chi connectivity index (χ4n) is 1.43. The Morgan fingerprint density at radius 1 is 1.26 bits per heavy atom. The standard InChI is InChI=1S/C13H13N3O2S/c1-9(11(17)16-13-14-7-8-19-13)15-12(18)10-5-3-2-4-6-10/h2-9H,1H3,(H,15,18)(H,14,16,17). The molecular weight excluding hydrogens is 262 g/mol. The Morgan fingerprint density at radius 2 is 2.00 bits per heavy atom. The largest absolute Gasteiger partial charge is 0.341 e. The van der Waals surface area contributed by atoms with E-state index in [9.17, 15) is 9.59 Å². The van der Waals surface area contributed by atoms with Gasteiger partial charge in [0.1, 0.15) is 6.04 Å². The van der Waals surface area contributed by atoms with Crippen LogP contribution in [0, 0.1) is 0 Å². The number of benzene rings is 1. The van der Waals surface area contributed by atoms with Gasteiger partial charge in [0, 0.05) is 17.1 Å². The molecular formula is C13H13N3O2S. The van der Waals surface area contributed by atoms with Gasteiger partial charge in [-0.25, -0.2) is 4.98 Å². The third-order valence-electron chi connectivity index (χ3n) is 2.44.